The molecule has 8 nitrogen and oxygen atoms in total. The second-order valence-electron chi connectivity index (χ2n) is 10.3. The minimum Gasteiger partial charge on any atom is -0.488 e. The van der Waals surface area contributed by atoms with E-state index in [2.05, 4.69) is 45.8 Å². The highest BCUT2D eigenvalue weighted by Crippen LogP contribution is 2.45. The molecule has 0 radical (unpaired) electrons. The fourth-order valence-electron chi connectivity index (χ4n) is 5.36. The Morgan fingerprint density at radius 2 is 1.87 bits per heavy atom. The fraction of sp³-hybridized carbons (Fsp3) is 0.429. The van der Waals surface area contributed by atoms with Crippen molar-refractivity contribution in [3.8, 4) is 5.75 Å². The number of rotatable bonds is 7. The van der Waals surface area contributed by atoms with Gasteiger partial charge in [-0.05, 0) is 88.9 Å². The van der Waals surface area contributed by atoms with E-state index in [4.69, 9.17) is 16.3 Å². The second kappa shape index (κ2) is 10.7. The molecule has 1 unspecified atom stereocenters. The molecule has 38 heavy (non-hydrogen) atoms. The van der Waals surface area contributed by atoms with Gasteiger partial charge in [-0.15, -0.1) is 0 Å². The second-order valence-corrected chi connectivity index (χ2v) is 13.2. The minimum absolute atomic E-state index is 0.0931. The molecule has 1 fully saturated rings. The average molecular weight is 556 g/mol. The van der Waals surface area contributed by atoms with Crippen molar-refractivity contribution in [2.24, 2.45) is 0 Å². The third kappa shape index (κ3) is 5.19. The number of aryl methyl sites for hydroxylation is 1. The van der Waals surface area contributed by atoms with Crippen LogP contribution in [0.5, 0.6) is 5.75 Å². The number of hydrogen-bond donors (Lipinski definition) is 3. The molecular formula is C28H34ClN5O3S. The van der Waals surface area contributed by atoms with E-state index in [1.54, 1.807) is 38.1 Å². The van der Waals surface area contributed by atoms with Gasteiger partial charge in [0, 0.05) is 12.0 Å². The number of aromatic nitrogens is 2. The minimum atomic E-state index is -3.51. The molecule has 3 heterocycles. The van der Waals surface area contributed by atoms with Crippen LogP contribution in [0.1, 0.15) is 56.2 Å². The van der Waals surface area contributed by atoms with Crippen molar-refractivity contribution in [3.63, 3.8) is 0 Å². The Hall–Kier alpha value is -2.88. The molecule has 3 aromatic rings. The molecule has 1 aromatic heterocycles. The molecule has 0 aliphatic carbocycles. The number of ether oxygens (including phenoxy) is 1. The van der Waals surface area contributed by atoms with E-state index in [0.717, 1.165) is 43.8 Å². The van der Waals surface area contributed by atoms with Crippen molar-refractivity contribution in [1.82, 2.24) is 15.3 Å². The van der Waals surface area contributed by atoms with Crippen LogP contribution in [0.2, 0.25) is 5.02 Å². The first kappa shape index (κ1) is 26.7. The molecule has 0 bridgehead atoms. The lowest BCUT2D eigenvalue weighted by Crippen LogP contribution is -2.27. The van der Waals surface area contributed by atoms with Crippen molar-refractivity contribution < 1.29 is 13.2 Å². The van der Waals surface area contributed by atoms with E-state index < -0.39 is 15.1 Å². The molecule has 202 valence electrons. The molecule has 2 aromatic carbocycles. The summed E-state index contributed by atoms with van der Waals surface area (Å²) in [4.78, 5) is 9.18. The van der Waals surface area contributed by atoms with Crippen LogP contribution >= 0.6 is 11.6 Å². The molecule has 0 saturated carbocycles. The van der Waals surface area contributed by atoms with Gasteiger partial charge in [0.1, 0.15) is 16.9 Å². The number of sulfone groups is 1. The number of anilines is 4. The Balaban J connectivity index is 1.47. The van der Waals surface area contributed by atoms with Gasteiger partial charge in [-0.1, -0.05) is 23.7 Å². The zero-order chi connectivity index (χ0) is 27.0. The largest absolute Gasteiger partial charge is 0.488 e. The normalized spacial score (nSPS) is 17.8. The fourth-order valence-corrected chi connectivity index (χ4v) is 6.70. The van der Waals surface area contributed by atoms with Crippen molar-refractivity contribution in [3.05, 3.63) is 58.2 Å². The summed E-state index contributed by atoms with van der Waals surface area (Å²) in [7, 11) is -3.51. The van der Waals surface area contributed by atoms with E-state index >= 15 is 0 Å². The standard InChI is InChI=1S/C28H34ClN5O3S/c1-16(2)38(35,36)24-8-6-5-7-22(24)32-27-21(29)15-31-28(34-27)33-23-13-17(3)25(19-9-11-30-12-10-19)20-14-18(4)37-26(20)23/h5-8,13,15-16,18-19,30H,9-12,14H2,1-4H3,(H2,31,32,33,34). The summed E-state index contributed by atoms with van der Waals surface area (Å²) in [5.74, 6) is 2.03. The Morgan fingerprint density at radius 1 is 1.13 bits per heavy atom. The van der Waals surface area contributed by atoms with E-state index in [1.165, 1.54) is 22.9 Å². The SMILES string of the molecule is Cc1cc(Nc2ncc(Cl)c(Nc3ccccc3S(=O)(=O)C(C)C)n2)c2c(c1C1CCNCC1)CC(C)O2. The zero-order valence-corrected chi connectivity index (χ0v) is 23.7. The van der Waals surface area contributed by atoms with E-state index in [-0.39, 0.29) is 16.0 Å². The lowest BCUT2D eigenvalue weighted by molar-refractivity contribution is 0.256. The smallest absolute Gasteiger partial charge is 0.229 e. The summed E-state index contributed by atoms with van der Waals surface area (Å²) in [6.45, 7) is 9.64. The number of nitrogens with one attached hydrogen (secondary N) is 3. The van der Waals surface area contributed by atoms with E-state index in [9.17, 15) is 8.42 Å². The summed E-state index contributed by atoms with van der Waals surface area (Å²) < 4.78 is 32.1. The first-order chi connectivity index (χ1) is 18.1. The Bertz CT molecular complexity index is 1460. The molecule has 10 heteroatoms. The van der Waals surface area contributed by atoms with Gasteiger partial charge in [0.05, 0.1) is 27.7 Å². The number of para-hydroxylation sites is 1. The Kier molecular flexibility index (Phi) is 7.53. The maximum atomic E-state index is 12.9. The first-order valence-corrected chi connectivity index (χ1v) is 15.0. The van der Waals surface area contributed by atoms with Crippen LogP contribution < -0.4 is 20.7 Å². The number of hydrogen-bond acceptors (Lipinski definition) is 8. The quantitative estimate of drug-likeness (QED) is 0.331. The summed E-state index contributed by atoms with van der Waals surface area (Å²) >= 11 is 6.43. The molecule has 2 aliphatic rings. The van der Waals surface area contributed by atoms with Gasteiger partial charge in [-0.25, -0.2) is 13.4 Å². The molecule has 1 atom stereocenters. The highest BCUT2D eigenvalue weighted by atomic mass is 35.5. The zero-order valence-electron chi connectivity index (χ0n) is 22.1. The van der Waals surface area contributed by atoms with Crippen LogP contribution in [0.3, 0.4) is 0 Å². The lowest BCUT2D eigenvalue weighted by Gasteiger charge is -2.27. The predicted molar refractivity (Wildman–Crippen MR) is 152 cm³/mol. The summed E-state index contributed by atoms with van der Waals surface area (Å²) in [5.41, 5.74) is 5.14. The van der Waals surface area contributed by atoms with E-state index in [0.29, 0.717) is 23.4 Å². The lowest BCUT2D eigenvalue weighted by atomic mass is 9.83. The van der Waals surface area contributed by atoms with Crippen LogP contribution in [0, 0.1) is 6.92 Å². The van der Waals surface area contributed by atoms with Crippen LogP contribution in [0.25, 0.3) is 0 Å². The Morgan fingerprint density at radius 3 is 2.61 bits per heavy atom. The van der Waals surface area contributed by atoms with Crippen molar-refractivity contribution in [2.45, 2.75) is 69.1 Å². The topological polar surface area (TPSA) is 105 Å². The number of benzene rings is 2. The Labute approximate surface area is 229 Å². The van der Waals surface area contributed by atoms with Gasteiger partial charge < -0.3 is 20.7 Å². The molecule has 1 saturated heterocycles. The third-order valence-electron chi connectivity index (χ3n) is 7.25. The maximum absolute atomic E-state index is 12.9. The van der Waals surface area contributed by atoms with E-state index in [1.807, 2.05) is 0 Å². The predicted octanol–water partition coefficient (Wildman–Crippen LogP) is 5.90. The molecular weight excluding hydrogens is 522 g/mol. The van der Waals surface area contributed by atoms with Crippen LogP contribution in [-0.4, -0.2) is 42.8 Å². The average Bonchev–Trinajstić information content (AvgIpc) is 3.28. The highest BCUT2D eigenvalue weighted by molar-refractivity contribution is 7.92. The molecule has 3 N–H and O–H groups in total. The first-order valence-electron chi connectivity index (χ1n) is 13.1. The number of piperidine rings is 1. The monoisotopic (exact) mass is 555 g/mol. The summed E-state index contributed by atoms with van der Waals surface area (Å²) in [6.07, 6.45) is 4.71. The summed E-state index contributed by atoms with van der Waals surface area (Å²) in [6, 6.07) is 8.87. The third-order valence-corrected chi connectivity index (χ3v) is 9.73. The van der Waals surface area contributed by atoms with Gasteiger partial charge in [-0.3, -0.25) is 0 Å². The van der Waals surface area contributed by atoms with Crippen LogP contribution in [-0.2, 0) is 16.3 Å². The number of nitrogens with zero attached hydrogens (tertiary/aromatic N) is 2. The van der Waals surface area contributed by atoms with Crippen LogP contribution in [0.4, 0.5) is 23.1 Å². The number of halogens is 1. The van der Waals surface area contributed by atoms with Gasteiger partial charge in [0.15, 0.2) is 15.7 Å². The molecule has 0 amide bonds. The van der Waals surface area contributed by atoms with Crippen LogP contribution in [0.15, 0.2) is 41.4 Å². The van der Waals surface area contributed by atoms with Crippen molar-refractivity contribution in [1.29, 1.82) is 0 Å². The summed E-state index contributed by atoms with van der Waals surface area (Å²) in [5, 5.41) is 9.62. The van der Waals surface area contributed by atoms with Gasteiger partial charge in [0.2, 0.25) is 5.95 Å². The highest BCUT2D eigenvalue weighted by Gasteiger charge is 2.31. The van der Waals surface area contributed by atoms with Gasteiger partial charge >= 0.3 is 0 Å². The van der Waals surface area contributed by atoms with Gasteiger partial charge in [0.25, 0.3) is 0 Å². The number of fused-ring (bicyclic) bond motifs is 1. The molecule has 5 rings (SSSR count). The molecule has 0 spiro atoms. The van der Waals surface area contributed by atoms with Gasteiger partial charge in [-0.2, -0.15) is 4.98 Å². The molecule has 2 aliphatic heterocycles. The maximum Gasteiger partial charge on any atom is 0.229 e. The van der Waals surface area contributed by atoms with Crippen molar-refractivity contribution in [2.75, 3.05) is 23.7 Å². The van der Waals surface area contributed by atoms with Crippen molar-refractivity contribution >= 4 is 44.6 Å².